The van der Waals surface area contributed by atoms with E-state index in [1.54, 1.807) is 12.2 Å². The first-order valence-electron chi connectivity index (χ1n) is 2.31. The second-order valence-electron chi connectivity index (χ2n) is 1.40. The van der Waals surface area contributed by atoms with Gasteiger partial charge in [0.1, 0.15) is 6.26 Å². The molecule has 0 aromatic carbocycles. The van der Waals surface area contributed by atoms with Crippen LogP contribution in [0, 0.1) is 0 Å². The van der Waals surface area contributed by atoms with E-state index in [4.69, 9.17) is 5.11 Å². The third-order valence-electron chi connectivity index (χ3n) is 0.804. The number of hydroxylamine groups is 1. The van der Waals surface area contributed by atoms with E-state index < -0.39 is 0 Å². The molecule has 1 aliphatic rings. The molecule has 1 heterocycles. The molecule has 0 aromatic rings. The molecule has 0 fully saturated rings. The van der Waals surface area contributed by atoms with Gasteiger partial charge in [-0.1, -0.05) is 0 Å². The minimum Gasteiger partial charge on any atom is -0.390 e. The van der Waals surface area contributed by atoms with Gasteiger partial charge in [-0.2, -0.15) is 0 Å². The van der Waals surface area contributed by atoms with Crippen molar-refractivity contribution in [3.8, 4) is 0 Å². The number of aliphatic hydroxyl groups excluding tert-OH is 1. The minimum atomic E-state index is -0.00958. The van der Waals surface area contributed by atoms with Crippen LogP contribution in [0.25, 0.3) is 0 Å². The van der Waals surface area contributed by atoms with Crippen molar-refractivity contribution in [3.05, 3.63) is 24.1 Å². The molecule has 3 heteroatoms. The van der Waals surface area contributed by atoms with Crippen LogP contribution in [0.5, 0.6) is 0 Å². The van der Waals surface area contributed by atoms with E-state index in [1.165, 1.54) is 6.26 Å². The summed E-state index contributed by atoms with van der Waals surface area (Å²) in [6.07, 6.45) is 4.95. The predicted octanol–water partition coefficient (Wildman–Crippen LogP) is -0.0889. The Morgan fingerprint density at radius 2 is 2.62 bits per heavy atom. The average molecular weight is 113 g/mol. The normalized spacial score (nSPS) is 16.4. The fourth-order valence-electron chi connectivity index (χ4n) is 0.423. The van der Waals surface area contributed by atoms with Crippen molar-refractivity contribution in [2.24, 2.45) is 0 Å². The lowest BCUT2D eigenvalue weighted by Gasteiger charge is -2.07. The van der Waals surface area contributed by atoms with Crippen molar-refractivity contribution < 1.29 is 9.94 Å². The Morgan fingerprint density at radius 1 is 1.75 bits per heavy atom. The zero-order valence-corrected chi connectivity index (χ0v) is 4.29. The molecule has 0 atom stereocenters. The molecule has 0 saturated carbocycles. The van der Waals surface area contributed by atoms with Gasteiger partial charge in [-0.3, -0.25) is 0 Å². The summed E-state index contributed by atoms with van der Waals surface area (Å²) in [6.45, 7) is -0.00958. The Kier molecular flexibility index (Phi) is 1.54. The topological polar surface area (TPSA) is 41.5 Å². The van der Waals surface area contributed by atoms with Gasteiger partial charge < -0.3 is 9.94 Å². The van der Waals surface area contributed by atoms with Crippen LogP contribution in [-0.2, 0) is 4.84 Å². The highest BCUT2D eigenvalue weighted by Crippen LogP contribution is 1.93. The van der Waals surface area contributed by atoms with E-state index in [1.807, 2.05) is 0 Å². The van der Waals surface area contributed by atoms with Crippen molar-refractivity contribution in [1.82, 2.24) is 5.48 Å². The zero-order valence-electron chi connectivity index (χ0n) is 4.29. The quantitative estimate of drug-likeness (QED) is 0.499. The van der Waals surface area contributed by atoms with Crippen molar-refractivity contribution in [2.75, 3.05) is 6.61 Å². The molecule has 0 aliphatic carbocycles. The molecule has 0 saturated heterocycles. The Hall–Kier alpha value is -0.960. The largest absolute Gasteiger partial charge is 0.390 e. The summed E-state index contributed by atoms with van der Waals surface area (Å²) in [7, 11) is 0. The Labute approximate surface area is 47.2 Å². The van der Waals surface area contributed by atoms with Crippen LogP contribution in [0.1, 0.15) is 0 Å². The van der Waals surface area contributed by atoms with E-state index in [-0.39, 0.29) is 6.61 Å². The third-order valence-corrected chi connectivity index (χ3v) is 0.804. The minimum absolute atomic E-state index is 0.00958. The standard InChI is InChI=1S/C5H7NO2/c7-4-5-2-1-3-8-6-5/h1-3,6-7H,4H2. The molecule has 0 spiro atoms. The van der Waals surface area contributed by atoms with Crippen LogP contribution in [0.2, 0.25) is 0 Å². The molecule has 0 aromatic heterocycles. The van der Waals surface area contributed by atoms with Crippen LogP contribution in [0.15, 0.2) is 24.1 Å². The highest BCUT2D eigenvalue weighted by atomic mass is 16.6. The summed E-state index contributed by atoms with van der Waals surface area (Å²) < 4.78 is 0. The molecule has 1 rings (SSSR count). The van der Waals surface area contributed by atoms with Crippen molar-refractivity contribution in [2.45, 2.75) is 0 Å². The zero-order chi connectivity index (χ0) is 5.82. The summed E-state index contributed by atoms with van der Waals surface area (Å²) in [5.41, 5.74) is 3.17. The van der Waals surface area contributed by atoms with Gasteiger partial charge in [0, 0.05) is 0 Å². The first-order valence-corrected chi connectivity index (χ1v) is 2.31. The lowest BCUT2D eigenvalue weighted by molar-refractivity contribution is 0.142. The van der Waals surface area contributed by atoms with Gasteiger partial charge in [0.15, 0.2) is 0 Å². The lowest BCUT2D eigenvalue weighted by atomic mass is 10.4. The summed E-state index contributed by atoms with van der Waals surface area (Å²) >= 11 is 0. The first-order chi connectivity index (χ1) is 3.93. The first kappa shape index (κ1) is 5.18. The summed E-state index contributed by atoms with van der Waals surface area (Å²) in [5.74, 6) is 0. The molecule has 0 bridgehead atoms. The van der Waals surface area contributed by atoms with Crippen LogP contribution < -0.4 is 5.48 Å². The number of aliphatic hydroxyl groups is 1. The molecule has 0 unspecified atom stereocenters. The van der Waals surface area contributed by atoms with E-state index >= 15 is 0 Å². The van der Waals surface area contributed by atoms with Crippen LogP contribution in [-0.4, -0.2) is 11.7 Å². The highest BCUT2D eigenvalue weighted by molar-refractivity contribution is 5.11. The molecule has 44 valence electrons. The second kappa shape index (κ2) is 2.37. The lowest BCUT2D eigenvalue weighted by Crippen LogP contribution is -2.15. The van der Waals surface area contributed by atoms with Crippen LogP contribution >= 0.6 is 0 Å². The highest BCUT2D eigenvalue weighted by Gasteiger charge is 1.93. The van der Waals surface area contributed by atoms with Crippen molar-refractivity contribution in [1.29, 1.82) is 0 Å². The van der Waals surface area contributed by atoms with Crippen LogP contribution in [0.4, 0.5) is 0 Å². The Balaban J connectivity index is 2.50. The maximum Gasteiger partial charge on any atom is 0.119 e. The van der Waals surface area contributed by atoms with Crippen molar-refractivity contribution >= 4 is 0 Å². The molecule has 8 heavy (non-hydrogen) atoms. The molecular weight excluding hydrogens is 106 g/mol. The van der Waals surface area contributed by atoms with E-state index in [2.05, 4.69) is 10.3 Å². The maximum atomic E-state index is 8.45. The predicted molar refractivity (Wildman–Crippen MR) is 28.5 cm³/mol. The summed E-state index contributed by atoms with van der Waals surface area (Å²) in [5, 5.41) is 8.45. The van der Waals surface area contributed by atoms with Gasteiger partial charge in [-0.15, -0.1) is 0 Å². The second-order valence-corrected chi connectivity index (χ2v) is 1.40. The molecule has 1 aliphatic heterocycles. The SMILES string of the molecule is OCC1=CC=CON1. The number of hydrogen-bond acceptors (Lipinski definition) is 3. The van der Waals surface area contributed by atoms with Gasteiger partial charge in [0.2, 0.25) is 0 Å². The van der Waals surface area contributed by atoms with Crippen molar-refractivity contribution in [3.63, 3.8) is 0 Å². The van der Waals surface area contributed by atoms with Gasteiger partial charge in [-0.25, -0.2) is 5.48 Å². The fourth-order valence-corrected chi connectivity index (χ4v) is 0.423. The molecule has 2 N–H and O–H groups in total. The molecule has 0 radical (unpaired) electrons. The fraction of sp³-hybridized carbons (Fsp3) is 0.200. The van der Waals surface area contributed by atoms with E-state index in [9.17, 15) is 0 Å². The molecule has 0 amide bonds. The number of allylic oxidation sites excluding steroid dienone is 2. The van der Waals surface area contributed by atoms with Gasteiger partial charge in [-0.05, 0) is 12.2 Å². The number of hydrogen-bond donors (Lipinski definition) is 2. The summed E-state index contributed by atoms with van der Waals surface area (Å²) in [4.78, 5) is 4.61. The Bertz CT molecular complexity index is 128. The number of nitrogens with one attached hydrogen (secondary N) is 1. The smallest absolute Gasteiger partial charge is 0.119 e. The maximum absolute atomic E-state index is 8.45. The Morgan fingerprint density at radius 3 is 3.00 bits per heavy atom. The van der Waals surface area contributed by atoms with E-state index in [0.717, 1.165) is 0 Å². The third kappa shape index (κ3) is 1.01. The monoisotopic (exact) mass is 113 g/mol. The van der Waals surface area contributed by atoms with Gasteiger partial charge in [0.05, 0.1) is 12.3 Å². The number of rotatable bonds is 1. The van der Waals surface area contributed by atoms with Gasteiger partial charge in [0.25, 0.3) is 0 Å². The summed E-state index contributed by atoms with van der Waals surface area (Å²) in [6, 6.07) is 0. The average Bonchev–Trinajstić information content (AvgIpc) is 1.90. The van der Waals surface area contributed by atoms with Crippen LogP contribution in [0.3, 0.4) is 0 Å². The molecule has 3 nitrogen and oxygen atoms in total. The molecular formula is C5H7NO2. The van der Waals surface area contributed by atoms with E-state index in [0.29, 0.717) is 5.70 Å². The van der Waals surface area contributed by atoms with Gasteiger partial charge >= 0.3 is 0 Å².